The van der Waals surface area contributed by atoms with E-state index in [1.807, 2.05) is 31.2 Å². The van der Waals surface area contributed by atoms with Crippen molar-refractivity contribution < 1.29 is 17.5 Å². The molecule has 2 N–H and O–H groups in total. The molecule has 0 radical (unpaired) electrons. The predicted molar refractivity (Wildman–Crippen MR) is 126 cm³/mol. The van der Waals surface area contributed by atoms with Crippen LogP contribution in [0, 0.1) is 12.7 Å². The summed E-state index contributed by atoms with van der Waals surface area (Å²) in [6.07, 6.45) is 0.546. The molecule has 0 bridgehead atoms. The molecule has 2 aromatic carbocycles. The number of methoxy groups -OCH3 is 1. The number of hydrogen-bond donors (Lipinski definition) is 1. The zero-order valence-corrected chi connectivity index (χ0v) is 20.3. The Kier molecular flexibility index (Phi) is 8.01. The third-order valence-corrected chi connectivity index (χ3v) is 6.37. The maximum absolute atomic E-state index is 15.0. The highest BCUT2D eigenvalue weighted by Crippen LogP contribution is 2.22. The van der Waals surface area contributed by atoms with Crippen molar-refractivity contribution >= 4 is 10.0 Å². The molecule has 0 fully saturated rings. The number of aryl methyl sites for hydroxylation is 1. The summed E-state index contributed by atoms with van der Waals surface area (Å²) in [6, 6.07) is 14.0. The number of sulfonamides is 1. The minimum atomic E-state index is -4.01. The van der Waals surface area contributed by atoms with Gasteiger partial charge >= 0.3 is 0 Å². The molecule has 0 aliphatic heterocycles. The fraction of sp³-hybridized carbons (Fsp3) is 0.375. The Morgan fingerprint density at radius 2 is 1.94 bits per heavy atom. The fourth-order valence-corrected chi connectivity index (χ4v) is 4.22. The molecular formula is C24H31FN4O3S. The molecule has 0 saturated heterocycles. The summed E-state index contributed by atoms with van der Waals surface area (Å²) in [4.78, 5) is 1.95. The number of ether oxygens (including phenoxy) is 1. The van der Waals surface area contributed by atoms with E-state index in [9.17, 15) is 8.42 Å². The number of nitrogens with zero attached hydrogens (tertiary/aromatic N) is 3. The predicted octanol–water partition coefficient (Wildman–Crippen LogP) is 3.41. The van der Waals surface area contributed by atoms with Crippen molar-refractivity contribution in [3.05, 3.63) is 76.9 Å². The molecule has 1 aromatic heterocycles. The Balaban J connectivity index is 2.03. The molecule has 178 valence electrons. The van der Waals surface area contributed by atoms with Gasteiger partial charge in [0.15, 0.2) is 0 Å². The molecule has 0 atom stereocenters. The second-order valence-corrected chi connectivity index (χ2v) is 9.98. The number of hydrogen-bond acceptors (Lipinski definition) is 5. The molecule has 7 nitrogen and oxygen atoms in total. The van der Waals surface area contributed by atoms with Crippen molar-refractivity contribution in [2.75, 3.05) is 20.3 Å². The number of nitrogens with two attached hydrogens (primary N) is 1. The molecule has 0 spiro atoms. The van der Waals surface area contributed by atoms with Crippen LogP contribution in [0.5, 0.6) is 0 Å². The summed E-state index contributed by atoms with van der Waals surface area (Å²) < 4.78 is 45.0. The molecule has 33 heavy (non-hydrogen) atoms. The highest BCUT2D eigenvalue weighted by molar-refractivity contribution is 7.89. The van der Waals surface area contributed by atoms with Crippen LogP contribution in [0.25, 0.3) is 5.69 Å². The Morgan fingerprint density at radius 3 is 2.55 bits per heavy atom. The normalized spacial score (nSPS) is 12.1. The van der Waals surface area contributed by atoms with Crippen molar-refractivity contribution in [1.82, 2.24) is 14.7 Å². The first kappa shape index (κ1) is 25.0. The molecule has 0 unspecified atom stereocenters. The first-order chi connectivity index (χ1) is 15.6. The number of rotatable bonds is 10. The second-order valence-electron chi connectivity index (χ2n) is 8.42. The minimum absolute atomic E-state index is 0.171. The average Bonchev–Trinajstić information content (AvgIpc) is 3.12. The van der Waals surface area contributed by atoms with E-state index in [0.29, 0.717) is 19.6 Å². The molecule has 0 amide bonds. The van der Waals surface area contributed by atoms with Crippen molar-refractivity contribution in [2.45, 2.75) is 44.7 Å². The standard InChI is InChI=1S/C24H31FN4O3S/c1-17(2)28(10-11-32-4)16-20-14-21(13-19-7-5-6-18(3)12-19)29(27-20)24-9-8-22(15-23(24)25)33(26,30)31/h5-9,12,14-15,17H,10-11,13,16H2,1-4H3,(H2,26,30,31). The van der Waals surface area contributed by atoms with Crippen LogP contribution in [0.1, 0.15) is 36.4 Å². The lowest BCUT2D eigenvalue weighted by molar-refractivity contribution is 0.124. The maximum Gasteiger partial charge on any atom is 0.238 e. The monoisotopic (exact) mass is 474 g/mol. The van der Waals surface area contributed by atoms with Crippen molar-refractivity contribution in [1.29, 1.82) is 0 Å². The zero-order valence-electron chi connectivity index (χ0n) is 19.5. The van der Waals surface area contributed by atoms with Crippen LogP contribution in [0.3, 0.4) is 0 Å². The lowest BCUT2D eigenvalue weighted by Gasteiger charge is -2.25. The zero-order chi connectivity index (χ0) is 24.2. The molecule has 0 aliphatic carbocycles. The van der Waals surface area contributed by atoms with Gasteiger partial charge in [0.2, 0.25) is 10.0 Å². The van der Waals surface area contributed by atoms with Gasteiger partial charge in [-0.2, -0.15) is 5.10 Å². The largest absolute Gasteiger partial charge is 0.383 e. The molecular weight excluding hydrogens is 443 g/mol. The van der Waals surface area contributed by atoms with E-state index in [0.717, 1.165) is 35.1 Å². The molecule has 3 aromatic rings. The highest BCUT2D eigenvalue weighted by atomic mass is 32.2. The van der Waals surface area contributed by atoms with Crippen LogP contribution < -0.4 is 5.14 Å². The summed E-state index contributed by atoms with van der Waals surface area (Å²) in [5, 5.41) is 9.85. The fourth-order valence-electron chi connectivity index (χ4n) is 3.69. The van der Waals surface area contributed by atoms with E-state index >= 15 is 4.39 Å². The third-order valence-electron chi connectivity index (χ3n) is 5.46. The van der Waals surface area contributed by atoms with Crippen LogP contribution in [0.4, 0.5) is 4.39 Å². The Labute approximate surface area is 195 Å². The van der Waals surface area contributed by atoms with Crippen molar-refractivity contribution in [3.8, 4) is 5.69 Å². The number of benzene rings is 2. The van der Waals surface area contributed by atoms with Crippen LogP contribution in [-0.2, 0) is 27.7 Å². The average molecular weight is 475 g/mol. The van der Waals surface area contributed by atoms with Crippen molar-refractivity contribution in [3.63, 3.8) is 0 Å². The van der Waals surface area contributed by atoms with E-state index in [4.69, 9.17) is 15.0 Å². The Morgan fingerprint density at radius 1 is 1.18 bits per heavy atom. The van der Waals surface area contributed by atoms with Gasteiger partial charge in [-0.05, 0) is 50.6 Å². The number of primary sulfonamides is 1. The molecule has 1 heterocycles. The summed E-state index contributed by atoms with van der Waals surface area (Å²) in [6.45, 7) is 8.14. The van der Waals surface area contributed by atoms with Crippen LogP contribution in [0.2, 0.25) is 0 Å². The maximum atomic E-state index is 15.0. The molecule has 0 saturated carbocycles. The number of aromatic nitrogens is 2. The van der Waals surface area contributed by atoms with Gasteiger partial charge in [0.25, 0.3) is 0 Å². The van der Waals surface area contributed by atoms with E-state index in [1.54, 1.807) is 11.8 Å². The van der Waals surface area contributed by atoms with Gasteiger partial charge in [-0.25, -0.2) is 22.6 Å². The first-order valence-electron chi connectivity index (χ1n) is 10.8. The Bertz CT molecular complexity index is 1210. The lowest BCUT2D eigenvalue weighted by atomic mass is 10.1. The quantitative estimate of drug-likeness (QED) is 0.486. The highest BCUT2D eigenvalue weighted by Gasteiger charge is 2.19. The van der Waals surface area contributed by atoms with Gasteiger partial charge in [-0.3, -0.25) is 4.90 Å². The summed E-state index contributed by atoms with van der Waals surface area (Å²) in [7, 11) is -2.34. The summed E-state index contributed by atoms with van der Waals surface area (Å²) in [5.41, 5.74) is 3.97. The van der Waals surface area contributed by atoms with Gasteiger partial charge < -0.3 is 4.74 Å². The van der Waals surface area contributed by atoms with Crippen LogP contribution in [-0.4, -0.2) is 49.4 Å². The van der Waals surface area contributed by atoms with Crippen LogP contribution in [0.15, 0.2) is 53.4 Å². The van der Waals surface area contributed by atoms with Gasteiger partial charge in [0, 0.05) is 38.4 Å². The minimum Gasteiger partial charge on any atom is -0.383 e. The van der Waals surface area contributed by atoms with Crippen LogP contribution >= 0.6 is 0 Å². The topological polar surface area (TPSA) is 90.5 Å². The second kappa shape index (κ2) is 10.6. The van der Waals surface area contributed by atoms with Crippen molar-refractivity contribution in [2.24, 2.45) is 5.14 Å². The third kappa shape index (κ3) is 6.48. The smallest absolute Gasteiger partial charge is 0.238 e. The SMILES string of the molecule is COCCN(Cc1cc(Cc2cccc(C)c2)n(-c2ccc(S(N)(=O)=O)cc2F)n1)C(C)C. The van der Waals surface area contributed by atoms with Gasteiger partial charge in [0.1, 0.15) is 11.5 Å². The lowest BCUT2D eigenvalue weighted by Crippen LogP contribution is -2.33. The number of halogens is 1. The van der Waals surface area contributed by atoms with Gasteiger partial charge in [-0.15, -0.1) is 0 Å². The van der Waals surface area contributed by atoms with E-state index in [-0.39, 0.29) is 16.6 Å². The van der Waals surface area contributed by atoms with E-state index in [2.05, 4.69) is 24.8 Å². The Hall–Kier alpha value is -2.59. The molecule has 9 heteroatoms. The first-order valence-corrected chi connectivity index (χ1v) is 12.3. The van der Waals surface area contributed by atoms with Gasteiger partial charge in [0.05, 0.1) is 17.2 Å². The summed E-state index contributed by atoms with van der Waals surface area (Å²) >= 11 is 0. The molecule has 3 rings (SSSR count). The molecule has 0 aliphatic rings. The van der Waals surface area contributed by atoms with E-state index in [1.165, 1.54) is 12.1 Å². The van der Waals surface area contributed by atoms with E-state index < -0.39 is 15.8 Å². The summed E-state index contributed by atoms with van der Waals surface area (Å²) in [5.74, 6) is -0.707. The van der Waals surface area contributed by atoms with Gasteiger partial charge in [-0.1, -0.05) is 29.8 Å².